The van der Waals surface area contributed by atoms with Crippen molar-refractivity contribution >= 4 is 26.4 Å². The van der Waals surface area contributed by atoms with Crippen molar-refractivity contribution < 1.29 is 0 Å². The Bertz CT molecular complexity index is 595. The average Bonchev–Trinajstić information content (AvgIpc) is 2.29. The van der Waals surface area contributed by atoms with Gasteiger partial charge in [0.15, 0.2) is 4.62 Å². The van der Waals surface area contributed by atoms with Crippen molar-refractivity contribution in [1.29, 1.82) is 0 Å². The Hall–Kier alpha value is -1.61. The van der Waals surface area contributed by atoms with Crippen molar-refractivity contribution in [1.82, 2.24) is 9.55 Å². The first-order chi connectivity index (χ1) is 7.97. The van der Waals surface area contributed by atoms with Crippen LogP contribution in [0.4, 0.5) is 5.82 Å². The molecule has 90 valence electrons. The van der Waals surface area contributed by atoms with Crippen molar-refractivity contribution in [3.05, 3.63) is 26.4 Å². The molecule has 17 heavy (non-hydrogen) atoms. The second-order valence-corrected chi connectivity index (χ2v) is 4.08. The van der Waals surface area contributed by atoms with Crippen LogP contribution < -0.4 is 11.2 Å². The molecule has 0 aromatic carbocycles. The Balaban J connectivity index is 3.42. The SMILES string of the molecule is CCC#C/C(Br)=N\c1c(C)c(=O)[nH]c(=O)n1C. The van der Waals surface area contributed by atoms with Crippen LogP contribution in [0.3, 0.4) is 0 Å². The van der Waals surface area contributed by atoms with Crippen LogP contribution in [0.1, 0.15) is 18.9 Å². The van der Waals surface area contributed by atoms with E-state index in [-0.39, 0.29) is 0 Å². The summed E-state index contributed by atoms with van der Waals surface area (Å²) in [7, 11) is 1.54. The molecule has 0 aliphatic heterocycles. The maximum atomic E-state index is 11.4. The summed E-state index contributed by atoms with van der Waals surface area (Å²) < 4.78 is 1.66. The minimum Gasteiger partial charge on any atom is -0.281 e. The van der Waals surface area contributed by atoms with E-state index in [1.165, 1.54) is 11.6 Å². The van der Waals surface area contributed by atoms with Gasteiger partial charge in [0.25, 0.3) is 5.56 Å². The van der Waals surface area contributed by atoms with Gasteiger partial charge < -0.3 is 0 Å². The number of aromatic amines is 1. The third-order valence-corrected chi connectivity index (χ3v) is 2.47. The van der Waals surface area contributed by atoms with Crippen molar-refractivity contribution in [2.24, 2.45) is 12.0 Å². The fourth-order valence-corrected chi connectivity index (χ4v) is 1.47. The van der Waals surface area contributed by atoms with Crippen LogP contribution in [-0.2, 0) is 7.05 Å². The van der Waals surface area contributed by atoms with Crippen molar-refractivity contribution in [2.75, 3.05) is 0 Å². The van der Waals surface area contributed by atoms with E-state index in [1.807, 2.05) is 6.92 Å². The lowest BCUT2D eigenvalue weighted by atomic mass is 10.3. The summed E-state index contributed by atoms with van der Waals surface area (Å²) in [6.45, 7) is 3.52. The molecule has 0 amide bonds. The second-order valence-electron chi connectivity index (χ2n) is 3.32. The number of nitrogens with one attached hydrogen (secondary N) is 1. The highest BCUT2D eigenvalue weighted by Crippen LogP contribution is 2.12. The maximum Gasteiger partial charge on any atom is 0.329 e. The average molecular weight is 298 g/mol. The molecule has 1 N–H and O–H groups in total. The van der Waals surface area contributed by atoms with Gasteiger partial charge in [-0.15, -0.1) is 0 Å². The quantitative estimate of drug-likeness (QED) is 0.626. The van der Waals surface area contributed by atoms with Gasteiger partial charge in [0.2, 0.25) is 0 Å². The van der Waals surface area contributed by atoms with Crippen LogP contribution in [0.2, 0.25) is 0 Å². The Morgan fingerprint density at radius 3 is 2.76 bits per heavy atom. The lowest BCUT2D eigenvalue weighted by molar-refractivity contribution is 0.792. The molecule has 5 nitrogen and oxygen atoms in total. The van der Waals surface area contributed by atoms with E-state index in [0.29, 0.717) is 22.4 Å². The van der Waals surface area contributed by atoms with E-state index in [0.717, 1.165) is 0 Å². The third-order valence-electron chi connectivity index (χ3n) is 2.09. The van der Waals surface area contributed by atoms with Crippen LogP contribution in [-0.4, -0.2) is 14.2 Å². The molecule has 0 saturated carbocycles. The molecule has 0 aliphatic carbocycles. The normalized spacial score (nSPS) is 10.9. The number of H-pyrrole nitrogens is 1. The van der Waals surface area contributed by atoms with E-state index in [2.05, 4.69) is 37.7 Å². The molecule has 1 aromatic rings. The van der Waals surface area contributed by atoms with Gasteiger partial charge in [-0.25, -0.2) is 9.79 Å². The Morgan fingerprint density at radius 1 is 1.53 bits per heavy atom. The van der Waals surface area contributed by atoms with Gasteiger partial charge in [0.05, 0.1) is 5.56 Å². The molecule has 0 unspecified atom stereocenters. The van der Waals surface area contributed by atoms with Gasteiger partial charge in [-0.2, -0.15) is 0 Å². The Labute approximate surface area is 107 Å². The molecule has 1 rings (SSSR count). The summed E-state index contributed by atoms with van der Waals surface area (Å²) in [5, 5.41) is 0. The zero-order valence-electron chi connectivity index (χ0n) is 9.80. The molecule has 0 aliphatic rings. The zero-order valence-corrected chi connectivity index (χ0v) is 11.4. The van der Waals surface area contributed by atoms with Gasteiger partial charge in [0.1, 0.15) is 5.82 Å². The van der Waals surface area contributed by atoms with E-state index >= 15 is 0 Å². The minimum absolute atomic E-state index is 0.302. The monoisotopic (exact) mass is 297 g/mol. The van der Waals surface area contributed by atoms with Gasteiger partial charge in [-0.05, 0) is 28.8 Å². The Morgan fingerprint density at radius 2 is 2.18 bits per heavy atom. The van der Waals surface area contributed by atoms with Crippen LogP contribution in [0.25, 0.3) is 0 Å². The highest BCUT2D eigenvalue weighted by atomic mass is 79.9. The molecule has 1 aromatic heterocycles. The van der Waals surface area contributed by atoms with Gasteiger partial charge in [-0.1, -0.05) is 12.8 Å². The standard InChI is InChI=1S/C11H12BrN3O2/c1-4-5-6-8(12)13-9-7(2)10(16)14-11(17)15(9)3/h4H2,1-3H3,(H,14,16,17)/b13-8+. The number of hydrogen-bond donors (Lipinski definition) is 1. The lowest BCUT2D eigenvalue weighted by Crippen LogP contribution is -2.29. The van der Waals surface area contributed by atoms with Gasteiger partial charge >= 0.3 is 5.69 Å². The molecule has 0 radical (unpaired) electrons. The van der Waals surface area contributed by atoms with Crippen LogP contribution in [0.5, 0.6) is 0 Å². The molecule has 0 bridgehead atoms. The van der Waals surface area contributed by atoms with Gasteiger partial charge in [0, 0.05) is 13.5 Å². The van der Waals surface area contributed by atoms with Crippen LogP contribution >= 0.6 is 15.9 Å². The Kier molecular flexibility index (Phi) is 4.46. The van der Waals surface area contributed by atoms with E-state index in [4.69, 9.17) is 0 Å². The highest BCUT2D eigenvalue weighted by molar-refractivity contribution is 9.18. The second kappa shape index (κ2) is 5.64. The van der Waals surface area contributed by atoms with E-state index in [9.17, 15) is 9.59 Å². The fraction of sp³-hybridized carbons (Fsp3) is 0.364. The minimum atomic E-state index is -0.497. The van der Waals surface area contributed by atoms with E-state index in [1.54, 1.807) is 6.92 Å². The summed E-state index contributed by atoms with van der Waals surface area (Å²) >= 11 is 3.18. The van der Waals surface area contributed by atoms with Crippen LogP contribution in [0.15, 0.2) is 14.6 Å². The maximum absolute atomic E-state index is 11.4. The smallest absolute Gasteiger partial charge is 0.281 e. The molecule has 0 saturated heterocycles. The number of hydrogen-bond acceptors (Lipinski definition) is 3. The molecule has 1 heterocycles. The summed E-state index contributed by atoms with van der Waals surface area (Å²) in [5.74, 6) is 5.90. The number of nitrogens with zero attached hydrogens (tertiary/aromatic N) is 2. The van der Waals surface area contributed by atoms with Crippen molar-refractivity contribution in [3.63, 3.8) is 0 Å². The molecule has 6 heteroatoms. The molecule has 0 fully saturated rings. The van der Waals surface area contributed by atoms with Crippen molar-refractivity contribution in [3.8, 4) is 11.8 Å². The number of aromatic nitrogens is 2. The number of aliphatic imine (C=N–C) groups is 1. The molecular weight excluding hydrogens is 286 g/mol. The third kappa shape index (κ3) is 3.17. The summed E-state index contributed by atoms with van der Waals surface area (Å²) in [5.41, 5.74) is -0.555. The molecule has 0 spiro atoms. The first-order valence-electron chi connectivity index (χ1n) is 5.00. The highest BCUT2D eigenvalue weighted by Gasteiger charge is 2.07. The molecule has 0 atom stereocenters. The summed E-state index contributed by atoms with van der Waals surface area (Å²) in [6.07, 6.45) is 0.706. The first-order valence-corrected chi connectivity index (χ1v) is 5.79. The predicted molar refractivity (Wildman–Crippen MR) is 71.1 cm³/mol. The molecular formula is C11H12BrN3O2. The lowest BCUT2D eigenvalue weighted by Gasteiger charge is -2.04. The predicted octanol–water partition coefficient (Wildman–Crippen LogP) is 1.22. The van der Waals surface area contributed by atoms with Crippen LogP contribution in [0, 0.1) is 18.8 Å². The number of rotatable bonds is 1. The summed E-state index contributed by atoms with van der Waals surface area (Å²) in [6, 6.07) is 0. The number of halogens is 1. The summed E-state index contributed by atoms with van der Waals surface area (Å²) in [4.78, 5) is 29.1. The van der Waals surface area contributed by atoms with Crippen molar-refractivity contribution in [2.45, 2.75) is 20.3 Å². The zero-order chi connectivity index (χ0) is 13.0. The van der Waals surface area contributed by atoms with E-state index < -0.39 is 11.2 Å². The largest absolute Gasteiger partial charge is 0.329 e. The van der Waals surface area contributed by atoms with Gasteiger partial charge in [-0.3, -0.25) is 14.3 Å². The fourth-order valence-electron chi connectivity index (χ4n) is 1.17. The first kappa shape index (κ1) is 13.5. The topological polar surface area (TPSA) is 67.2 Å².